The highest BCUT2D eigenvalue weighted by molar-refractivity contribution is 6.03. The highest BCUT2D eigenvalue weighted by Crippen LogP contribution is 2.19. The van der Waals surface area contributed by atoms with Gasteiger partial charge in [-0.25, -0.2) is 14.0 Å². The van der Waals surface area contributed by atoms with E-state index in [0.717, 1.165) is 6.08 Å². The number of carbonyl (C=O) groups excluding carboxylic acids is 2. The molecule has 25 heavy (non-hydrogen) atoms. The fraction of sp³-hybridized carbons (Fsp3) is 0.158. The van der Waals surface area contributed by atoms with Gasteiger partial charge in [0.1, 0.15) is 12.4 Å². The molecule has 0 saturated heterocycles. The number of esters is 1. The number of hydrogen-bond acceptors (Lipinski definition) is 3. The molecule has 5 nitrogen and oxygen atoms in total. The molecule has 0 saturated carbocycles. The molecule has 0 aliphatic heterocycles. The smallest absolute Gasteiger partial charge is 0.330 e. The standard InChI is InChI=1S/C19H19FN2O3/c1-3-18(23)25-14-13-22(17-7-5-4-6-8-17)19(24)21(2)16-11-9-15(20)10-12-16/h3-12H,1,13-14H2,2H3. The van der Waals surface area contributed by atoms with Crippen LogP contribution in [0.3, 0.4) is 0 Å². The Hall–Kier alpha value is -3.15. The first kappa shape index (κ1) is 18.2. The summed E-state index contributed by atoms with van der Waals surface area (Å²) in [6.45, 7) is 3.54. The zero-order valence-electron chi connectivity index (χ0n) is 13.9. The Morgan fingerprint density at radius 1 is 1.08 bits per heavy atom. The van der Waals surface area contributed by atoms with Gasteiger partial charge in [0.25, 0.3) is 0 Å². The maximum atomic E-state index is 13.1. The minimum Gasteiger partial charge on any atom is -0.461 e. The summed E-state index contributed by atoms with van der Waals surface area (Å²) >= 11 is 0. The lowest BCUT2D eigenvalue weighted by atomic mass is 10.2. The average molecular weight is 342 g/mol. The van der Waals surface area contributed by atoms with Crippen LogP contribution in [0.15, 0.2) is 67.3 Å². The lowest BCUT2D eigenvalue weighted by molar-refractivity contribution is -0.137. The second kappa shape index (κ2) is 8.63. The number of anilines is 2. The predicted molar refractivity (Wildman–Crippen MR) is 95.1 cm³/mol. The van der Waals surface area contributed by atoms with Gasteiger partial charge in [0.2, 0.25) is 0 Å². The molecule has 0 spiro atoms. The Bertz CT molecular complexity index is 732. The van der Waals surface area contributed by atoms with Crippen molar-refractivity contribution in [1.82, 2.24) is 0 Å². The van der Waals surface area contributed by atoms with Gasteiger partial charge in [-0.05, 0) is 36.4 Å². The fourth-order valence-electron chi connectivity index (χ4n) is 2.20. The van der Waals surface area contributed by atoms with E-state index in [2.05, 4.69) is 6.58 Å². The van der Waals surface area contributed by atoms with Gasteiger partial charge in [-0.15, -0.1) is 0 Å². The summed E-state index contributed by atoms with van der Waals surface area (Å²) in [7, 11) is 1.60. The molecule has 0 aliphatic carbocycles. The molecule has 0 N–H and O–H groups in total. The van der Waals surface area contributed by atoms with Crippen molar-refractivity contribution in [1.29, 1.82) is 0 Å². The summed E-state index contributed by atoms with van der Waals surface area (Å²) in [5, 5.41) is 0. The number of urea groups is 1. The molecule has 2 aromatic rings. The van der Waals surface area contributed by atoms with Crippen molar-refractivity contribution in [2.75, 3.05) is 30.0 Å². The van der Waals surface area contributed by atoms with Crippen LogP contribution in [-0.4, -0.2) is 32.2 Å². The second-order valence-electron chi connectivity index (χ2n) is 5.18. The minimum atomic E-state index is -0.549. The van der Waals surface area contributed by atoms with Crippen LogP contribution >= 0.6 is 0 Å². The zero-order chi connectivity index (χ0) is 18.2. The molecular weight excluding hydrogens is 323 g/mol. The van der Waals surface area contributed by atoms with Crippen LogP contribution in [-0.2, 0) is 9.53 Å². The Morgan fingerprint density at radius 3 is 2.32 bits per heavy atom. The van der Waals surface area contributed by atoms with Crippen molar-refractivity contribution in [3.8, 4) is 0 Å². The van der Waals surface area contributed by atoms with E-state index in [-0.39, 0.29) is 25.0 Å². The maximum absolute atomic E-state index is 13.1. The number of ether oxygens (including phenoxy) is 1. The van der Waals surface area contributed by atoms with E-state index in [1.54, 1.807) is 19.2 Å². The highest BCUT2D eigenvalue weighted by atomic mass is 19.1. The van der Waals surface area contributed by atoms with E-state index >= 15 is 0 Å². The maximum Gasteiger partial charge on any atom is 0.330 e. The van der Waals surface area contributed by atoms with Crippen molar-refractivity contribution in [3.05, 3.63) is 73.1 Å². The van der Waals surface area contributed by atoms with Gasteiger partial charge in [-0.1, -0.05) is 24.8 Å². The summed E-state index contributed by atoms with van der Waals surface area (Å²) in [5.41, 5.74) is 1.21. The number of rotatable bonds is 6. The molecule has 0 fully saturated rings. The van der Waals surface area contributed by atoms with E-state index in [4.69, 9.17) is 4.74 Å². The predicted octanol–water partition coefficient (Wildman–Crippen LogP) is 3.62. The zero-order valence-corrected chi connectivity index (χ0v) is 13.9. The van der Waals surface area contributed by atoms with Gasteiger partial charge >= 0.3 is 12.0 Å². The van der Waals surface area contributed by atoms with Crippen molar-refractivity contribution >= 4 is 23.4 Å². The minimum absolute atomic E-state index is 0.0305. The second-order valence-corrected chi connectivity index (χ2v) is 5.18. The fourth-order valence-corrected chi connectivity index (χ4v) is 2.20. The van der Waals surface area contributed by atoms with Gasteiger partial charge in [-0.2, -0.15) is 0 Å². The van der Waals surface area contributed by atoms with E-state index in [1.165, 1.54) is 34.1 Å². The van der Waals surface area contributed by atoms with E-state index in [0.29, 0.717) is 11.4 Å². The Balaban J connectivity index is 2.18. The Kier molecular flexibility index (Phi) is 6.28. The summed E-state index contributed by atoms with van der Waals surface area (Å²) in [5.74, 6) is -0.923. The van der Waals surface area contributed by atoms with Gasteiger partial charge < -0.3 is 4.74 Å². The topological polar surface area (TPSA) is 49.9 Å². The largest absolute Gasteiger partial charge is 0.461 e. The van der Waals surface area contributed by atoms with Crippen LogP contribution in [0.2, 0.25) is 0 Å². The summed E-state index contributed by atoms with van der Waals surface area (Å²) < 4.78 is 18.1. The van der Waals surface area contributed by atoms with E-state index < -0.39 is 5.97 Å². The molecule has 6 heteroatoms. The molecule has 0 aromatic heterocycles. The summed E-state index contributed by atoms with van der Waals surface area (Å²) in [6, 6.07) is 14.3. The quantitative estimate of drug-likeness (QED) is 0.595. The highest BCUT2D eigenvalue weighted by Gasteiger charge is 2.21. The van der Waals surface area contributed by atoms with E-state index in [1.807, 2.05) is 18.2 Å². The molecule has 2 aromatic carbocycles. The van der Waals surface area contributed by atoms with Crippen LogP contribution in [0, 0.1) is 5.82 Å². The molecule has 130 valence electrons. The molecule has 0 bridgehead atoms. The normalized spacial score (nSPS) is 10.0. The SMILES string of the molecule is C=CC(=O)OCCN(C(=O)N(C)c1ccc(F)cc1)c1ccccc1. The van der Waals surface area contributed by atoms with Crippen molar-refractivity contribution in [2.45, 2.75) is 0 Å². The molecule has 0 aliphatic rings. The van der Waals surface area contributed by atoms with Crippen molar-refractivity contribution in [2.24, 2.45) is 0 Å². The number of para-hydroxylation sites is 1. The van der Waals surface area contributed by atoms with Gasteiger partial charge in [0.15, 0.2) is 0 Å². The summed E-state index contributed by atoms with van der Waals surface area (Å²) in [4.78, 5) is 27.0. The third kappa shape index (κ3) is 4.91. The van der Waals surface area contributed by atoms with Crippen LogP contribution in [0.1, 0.15) is 0 Å². The number of carbonyl (C=O) groups is 2. The monoisotopic (exact) mass is 342 g/mol. The number of benzene rings is 2. The first-order valence-electron chi connectivity index (χ1n) is 7.68. The van der Waals surface area contributed by atoms with Gasteiger partial charge in [0.05, 0.1) is 6.54 Å². The van der Waals surface area contributed by atoms with Crippen LogP contribution < -0.4 is 9.80 Å². The molecule has 0 unspecified atom stereocenters. The number of amides is 2. The molecule has 2 amide bonds. The van der Waals surface area contributed by atoms with Crippen LogP contribution in [0.4, 0.5) is 20.6 Å². The first-order chi connectivity index (χ1) is 12.0. The lowest BCUT2D eigenvalue weighted by Gasteiger charge is -2.28. The van der Waals surface area contributed by atoms with Gasteiger partial charge in [-0.3, -0.25) is 9.80 Å². The molecule has 0 heterocycles. The van der Waals surface area contributed by atoms with Crippen molar-refractivity contribution in [3.63, 3.8) is 0 Å². The molecular formula is C19H19FN2O3. The van der Waals surface area contributed by atoms with Crippen LogP contribution in [0.5, 0.6) is 0 Å². The molecule has 2 rings (SSSR count). The van der Waals surface area contributed by atoms with E-state index in [9.17, 15) is 14.0 Å². The first-order valence-corrected chi connectivity index (χ1v) is 7.68. The number of hydrogen-bond donors (Lipinski definition) is 0. The average Bonchev–Trinajstić information content (AvgIpc) is 2.65. The van der Waals surface area contributed by atoms with Crippen LogP contribution in [0.25, 0.3) is 0 Å². The number of halogens is 1. The van der Waals surface area contributed by atoms with Gasteiger partial charge in [0, 0.05) is 24.5 Å². The Morgan fingerprint density at radius 2 is 1.72 bits per heavy atom. The number of nitrogens with zero attached hydrogens (tertiary/aromatic N) is 2. The Labute approximate surface area is 145 Å². The third-order valence-corrected chi connectivity index (χ3v) is 3.53. The lowest BCUT2D eigenvalue weighted by Crippen LogP contribution is -2.43. The molecule has 0 radical (unpaired) electrons. The molecule has 0 atom stereocenters. The summed E-state index contributed by atoms with van der Waals surface area (Å²) in [6.07, 6.45) is 1.07. The third-order valence-electron chi connectivity index (χ3n) is 3.53. The van der Waals surface area contributed by atoms with Crippen molar-refractivity contribution < 1.29 is 18.7 Å².